The van der Waals surface area contributed by atoms with E-state index in [2.05, 4.69) is 17.4 Å². The summed E-state index contributed by atoms with van der Waals surface area (Å²) in [7, 11) is 3.51. The van der Waals surface area contributed by atoms with Crippen LogP contribution in [0.2, 0.25) is 0 Å². The molecule has 1 N–H and O–H groups in total. The molecule has 100 valence electrons. The van der Waals surface area contributed by atoms with Gasteiger partial charge in [0.25, 0.3) is 0 Å². The first-order valence-electron chi connectivity index (χ1n) is 6.72. The average molecular weight is 249 g/mol. The van der Waals surface area contributed by atoms with Crippen molar-refractivity contribution in [3.63, 3.8) is 0 Å². The van der Waals surface area contributed by atoms with Crippen LogP contribution in [0.3, 0.4) is 0 Å². The topological polar surface area (TPSA) is 30.5 Å². The molecule has 2 rings (SSSR count). The fraction of sp³-hybridized carbons (Fsp3) is 0.600. The summed E-state index contributed by atoms with van der Waals surface area (Å²) >= 11 is 0. The van der Waals surface area contributed by atoms with Crippen molar-refractivity contribution < 1.29 is 9.47 Å². The molecule has 1 aliphatic carbocycles. The van der Waals surface area contributed by atoms with E-state index in [4.69, 9.17) is 9.47 Å². The van der Waals surface area contributed by atoms with Gasteiger partial charge < -0.3 is 14.8 Å². The fourth-order valence-electron chi connectivity index (χ4n) is 2.60. The van der Waals surface area contributed by atoms with Gasteiger partial charge in [0.2, 0.25) is 0 Å². The van der Waals surface area contributed by atoms with E-state index in [1.807, 2.05) is 19.2 Å². The third-order valence-electron chi connectivity index (χ3n) is 3.73. The fourth-order valence-corrected chi connectivity index (χ4v) is 2.60. The number of rotatable bonds is 5. The quantitative estimate of drug-likeness (QED) is 0.870. The van der Waals surface area contributed by atoms with Crippen LogP contribution in [0.25, 0.3) is 0 Å². The Labute approximate surface area is 109 Å². The maximum atomic E-state index is 5.55. The predicted molar refractivity (Wildman–Crippen MR) is 72.9 cm³/mol. The third kappa shape index (κ3) is 3.47. The van der Waals surface area contributed by atoms with E-state index >= 15 is 0 Å². The number of hydrogen-bond acceptors (Lipinski definition) is 3. The van der Waals surface area contributed by atoms with Crippen LogP contribution in [0.4, 0.5) is 0 Å². The molecule has 1 aliphatic rings. The molecule has 1 aromatic carbocycles. The Balaban J connectivity index is 1.85. The Hall–Kier alpha value is -1.06. The van der Waals surface area contributed by atoms with Gasteiger partial charge in [-0.25, -0.2) is 0 Å². The summed E-state index contributed by atoms with van der Waals surface area (Å²) in [5.41, 5.74) is 1.29. The van der Waals surface area contributed by atoms with Crippen LogP contribution in [-0.4, -0.2) is 26.4 Å². The highest BCUT2D eigenvalue weighted by molar-refractivity contribution is 5.27. The van der Waals surface area contributed by atoms with Gasteiger partial charge in [-0.15, -0.1) is 0 Å². The molecule has 0 aromatic heterocycles. The van der Waals surface area contributed by atoms with Crippen LogP contribution < -0.4 is 10.1 Å². The molecule has 0 unspecified atom stereocenters. The summed E-state index contributed by atoms with van der Waals surface area (Å²) < 4.78 is 10.7. The minimum Gasteiger partial charge on any atom is -0.497 e. The maximum Gasteiger partial charge on any atom is 0.118 e. The lowest BCUT2D eigenvalue weighted by atomic mass is 9.92. The van der Waals surface area contributed by atoms with Gasteiger partial charge in [-0.1, -0.05) is 25.0 Å². The Bertz CT molecular complexity index is 350. The molecule has 3 nitrogen and oxygen atoms in total. The lowest BCUT2D eigenvalue weighted by Gasteiger charge is -2.31. The Morgan fingerprint density at radius 2 is 1.83 bits per heavy atom. The highest BCUT2D eigenvalue weighted by atomic mass is 16.5. The van der Waals surface area contributed by atoms with E-state index in [1.165, 1.54) is 31.2 Å². The molecular weight excluding hydrogens is 226 g/mol. The molecule has 0 amide bonds. The molecule has 0 saturated heterocycles. The van der Waals surface area contributed by atoms with Gasteiger partial charge in [-0.05, 0) is 30.5 Å². The van der Waals surface area contributed by atoms with Gasteiger partial charge in [0.05, 0.1) is 13.2 Å². The molecule has 2 atom stereocenters. The maximum absolute atomic E-state index is 5.55. The lowest BCUT2D eigenvalue weighted by Crippen LogP contribution is -2.42. The number of methoxy groups -OCH3 is 2. The second-order valence-electron chi connectivity index (χ2n) is 4.89. The van der Waals surface area contributed by atoms with E-state index in [0.717, 1.165) is 12.3 Å². The second-order valence-corrected chi connectivity index (χ2v) is 4.89. The van der Waals surface area contributed by atoms with E-state index in [9.17, 15) is 0 Å². The summed E-state index contributed by atoms with van der Waals surface area (Å²) in [5.74, 6) is 0.909. The van der Waals surface area contributed by atoms with Crippen molar-refractivity contribution in [2.24, 2.45) is 0 Å². The molecule has 1 aromatic rings. The molecule has 0 bridgehead atoms. The summed E-state index contributed by atoms with van der Waals surface area (Å²) in [4.78, 5) is 0. The molecule has 0 heterocycles. The van der Waals surface area contributed by atoms with Gasteiger partial charge in [-0.2, -0.15) is 0 Å². The van der Waals surface area contributed by atoms with Crippen molar-refractivity contribution in [2.45, 2.75) is 44.4 Å². The number of nitrogens with one attached hydrogen (secondary N) is 1. The average Bonchev–Trinajstić information content (AvgIpc) is 2.46. The van der Waals surface area contributed by atoms with Crippen LogP contribution in [0.1, 0.15) is 31.2 Å². The van der Waals surface area contributed by atoms with Crippen molar-refractivity contribution >= 4 is 0 Å². The van der Waals surface area contributed by atoms with Gasteiger partial charge in [0, 0.05) is 19.7 Å². The third-order valence-corrected chi connectivity index (χ3v) is 3.73. The zero-order chi connectivity index (χ0) is 12.8. The largest absolute Gasteiger partial charge is 0.497 e. The molecule has 0 spiro atoms. The molecule has 3 heteroatoms. The molecule has 1 saturated carbocycles. The van der Waals surface area contributed by atoms with Crippen molar-refractivity contribution in [1.82, 2.24) is 5.32 Å². The molecule has 0 radical (unpaired) electrons. The Kier molecular flexibility index (Phi) is 5.02. The van der Waals surface area contributed by atoms with Crippen molar-refractivity contribution in [3.05, 3.63) is 29.8 Å². The molecule has 18 heavy (non-hydrogen) atoms. The summed E-state index contributed by atoms with van der Waals surface area (Å²) in [6.45, 7) is 0.897. The van der Waals surface area contributed by atoms with Gasteiger partial charge in [0.15, 0.2) is 0 Å². The molecule has 0 aliphatic heterocycles. The first-order chi connectivity index (χ1) is 8.83. The normalized spacial score (nSPS) is 23.9. The van der Waals surface area contributed by atoms with Crippen molar-refractivity contribution in [3.8, 4) is 5.75 Å². The smallest absolute Gasteiger partial charge is 0.118 e. The number of benzene rings is 1. The minimum atomic E-state index is 0.372. The first-order valence-corrected chi connectivity index (χ1v) is 6.72. The van der Waals surface area contributed by atoms with E-state index in [0.29, 0.717) is 12.1 Å². The molecular formula is C15H23NO2. The zero-order valence-electron chi connectivity index (χ0n) is 11.3. The SMILES string of the molecule is COc1ccc(CN[C@H]2CCCC[C@@H]2OC)cc1. The van der Waals surface area contributed by atoms with Crippen LogP contribution in [0, 0.1) is 0 Å². The van der Waals surface area contributed by atoms with Crippen LogP contribution in [0.5, 0.6) is 5.75 Å². The van der Waals surface area contributed by atoms with E-state index in [-0.39, 0.29) is 0 Å². The monoisotopic (exact) mass is 249 g/mol. The van der Waals surface area contributed by atoms with E-state index in [1.54, 1.807) is 7.11 Å². The lowest BCUT2D eigenvalue weighted by molar-refractivity contribution is 0.0413. The minimum absolute atomic E-state index is 0.372. The van der Waals surface area contributed by atoms with Crippen molar-refractivity contribution in [2.75, 3.05) is 14.2 Å². The predicted octanol–water partition coefficient (Wildman–Crippen LogP) is 2.74. The number of hydrogen-bond donors (Lipinski definition) is 1. The van der Waals surface area contributed by atoms with Crippen molar-refractivity contribution in [1.29, 1.82) is 0 Å². The number of ether oxygens (including phenoxy) is 2. The van der Waals surface area contributed by atoms with Crippen LogP contribution >= 0.6 is 0 Å². The summed E-state index contributed by atoms with van der Waals surface area (Å²) in [6.07, 6.45) is 5.36. The van der Waals surface area contributed by atoms with Gasteiger partial charge in [-0.3, -0.25) is 0 Å². The van der Waals surface area contributed by atoms with Gasteiger partial charge >= 0.3 is 0 Å². The highest BCUT2D eigenvalue weighted by Crippen LogP contribution is 2.21. The standard InChI is InChI=1S/C15H23NO2/c1-17-13-9-7-12(8-10-13)11-16-14-5-3-4-6-15(14)18-2/h7-10,14-16H,3-6,11H2,1-2H3/t14-,15-/m0/s1. The zero-order valence-corrected chi connectivity index (χ0v) is 11.3. The summed E-state index contributed by atoms with van der Waals surface area (Å²) in [6, 6.07) is 8.72. The van der Waals surface area contributed by atoms with Gasteiger partial charge in [0.1, 0.15) is 5.75 Å². The first kappa shape index (κ1) is 13.4. The highest BCUT2D eigenvalue weighted by Gasteiger charge is 2.23. The van der Waals surface area contributed by atoms with Crippen LogP contribution in [-0.2, 0) is 11.3 Å². The van der Waals surface area contributed by atoms with E-state index < -0.39 is 0 Å². The van der Waals surface area contributed by atoms with Crippen LogP contribution in [0.15, 0.2) is 24.3 Å². The Morgan fingerprint density at radius 1 is 1.11 bits per heavy atom. The summed E-state index contributed by atoms with van der Waals surface area (Å²) in [5, 5.41) is 3.61. The Morgan fingerprint density at radius 3 is 2.50 bits per heavy atom. The second kappa shape index (κ2) is 6.76. The molecule has 1 fully saturated rings.